The molecule has 0 unspecified atom stereocenters. The number of carbonyl (C=O) groups excluding carboxylic acids is 1. The predicted molar refractivity (Wildman–Crippen MR) is 86.4 cm³/mol. The summed E-state index contributed by atoms with van der Waals surface area (Å²) < 4.78 is 1.16. The van der Waals surface area contributed by atoms with E-state index in [1.807, 2.05) is 43.5 Å². The molecule has 0 fully saturated rings. The zero-order chi connectivity index (χ0) is 14.1. The number of nitrogens with zero attached hydrogens (tertiary/aromatic N) is 1. The van der Waals surface area contributed by atoms with Crippen LogP contribution in [0.2, 0.25) is 0 Å². The summed E-state index contributed by atoms with van der Waals surface area (Å²) in [5, 5.41) is 6.79. The number of hydrogen-bond acceptors (Lipinski definition) is 4. The topological polar surface area (TPSA) is 42.0 Å². The average molecular weight is 302 g/mol. The summed E-state index contributed by atoms with van der Waals surface area (Å²) >= 11 is 3.18. The number of nitrogens with one attached hydrogen (secondary N) is 1. The molecule has 0 spiro atoms. The van der Waals surface area contributed by atoms with Gasteiger partial charge in [0.1, 0.15) is 10.0 Å². The number of fused-ring (bicyclic) bond motifs is 1. The number of anilines is 1. The number of aromatic nitrogens is 1. The van der Waals surface area contributed by atoms with Gasteiger partial charge >= 0.3 is 0 Å². The summed E-state index contributed by atoms with van der Waals surface area (Å²) in [6.07, 6.45) is 0. The number of carbonyl (C=O) groups is 1. The second-order valence-electron chi connectivity index (χ2n) is 4.79. The largest absolute Gasteiger partial charge is 0.317 e. The van der Waals surface area contributed by atoms with E-state index < -0.39 is 0 Å². The Morgan fingerprint density at radius 3 is 2.80 bits per heavy atom. The zero-order valence-corrected chi connectivity index (χ0v) is 12.8. The average Bonchev–Trinajstić information content (AvgIpc) is 3.03. The van der Waals surface area contributed by atoms with Gasteiger partial charge in [0, 0.05) is 11.5 Å². The van der Waals surface area contributed by atoms with Crippen LogP contribution in [0.3, 0.4) is 0 Å². The Bertz CT molecular complexity index is 725. The SMILES string of the molecule is CC(C)C(=O)Nc1sccc1-c1nc2ccccc2s1. The molecule has 102 valence electrons. The summed E-state index contributed by atoms with van der Waals surface area (Å²) in [5.41, 5.74) is 2.00. The van der Waals surface area contributed by atoms with Crippen LogP contribution >= 0.6 is 22.7 Å². The Kier molecular flexibility index (Phi) is 3.54. The molecule has 2 aromatic heterocycles. The van der Waals surface area contributed by atoms with Gasteiger partial charge in [0.05, 0.1) is 10.2 Å². The van der Waals surface area contributed by atoms with Crippen molar-refractivity contribution in [2.75, 3.05) is 5.32 Å². The normalized spacial score (nSPS) is 11.2. The van der Waals surface area contributed by atoms with Crippen molar-refractivity contribution in [1.82, 2.24) is 4.98 Å². The molecule has 0 radical (unpaired) electrons. The zero-order valence-electron chi connectivity index (χ0n) is 11.2. The van der Waals surface area contributed by atoms with Crippen molar-refractivity contribution in [2.24, 2.45) is 5.92 Å². The highest BCUT2D eigenvalue weighted by atomic mass is 32.1. The molecular weight excluding hydrogens is 288 g/mol. The quantitative estimate of drug-likeness (QED) is 0.767. The summed E-state index contributed by atoms with van der Waals surface area (Å²) in [4.78, 5) is 16.5. The Labute approximate surface area is 125 Å². The number of hydrogen-bond donors (Lipinski definition) is 1. The molecule has 2 heterocycles. The van der Waals surface area contributed by atoms with Crippen LogP contribution in [-0.4, -0.2) is 10.9 Å². The molecule has 1 amide bonds. The first-order valence-electron chi connectivity index (χ1n) is 6.39. The van der Waals surface area contributed by atoms with E-state index in [4.69, 9.17) is 0 Å². The van der Waals surface area contributed by atoms with Gasteiger partial charge in [-0.3, -0.25) is 4.79 Å². The van der Waals surface area contributed by atoms with E-state index in [9.17, 15) is 4.79 Å². The van der Waals surface area contributed by atoms with E-state index in [1.54, 1.807) is 11.3 Å². The van der Waals surface area contributed by atoms with Crippen LogP contribution in [0.4, 0.5) is 5.00 Å². The first-order chi connectivity index (χ1) is 9.65. The second kappa shape index (κ2) is 5.34. The fourth-order valence-corrected chi connectivity index (χ4v) is 3.67. The van der Waals surface area contributed by atoms with E-state index in [-0.39, 0.29) is 11.8 Å². The highest BCUT2D eigenvalue weighted by Gasteiger charge is 2.15. The lowest BCUT2D eigenvalue weighted by atomic mass is 10.2. The van der Waals surface area contributed by atoms with Gasteiger partial charge in [-0.1, -0.05) is 26.0 Å². The molecule has 0 atom stereocenters. The number of amides is 1. The standard InChI is InChI=1S/C15H14N2OS2/c1-9(2)13(18)17-14-10(7-8-19-14)15-16-11-5-3-4-6-12(11)20-15/h3-9H,1-2H3,(H,17,18). The molecule has 20 heavy (non-hydrogen) atoms. The lowest BCUT2D eigenvalue weighted by Crippen LogP contribution is -2.17. The minimum absolute atomic E-state index is 0.0275. The van der Waals surface area contributed by atoms with E-state index >= 15 is 0 Å². The maximum atomic E-state index is 11.8. The fourth-order valence-electron chi connectivity index (χ4n) is 1.82. The van der Waals surface area contributed by atoms with Gasteiger partial charge in [-0.25, -0.2) is 4.98 Å². The molecule has 0 bridgehead atoms. The first-order valence-corrected chi connectivity index (χ1v) is 8.09. The summed E-state index contributed by atoms with van der Waals surface area (Å²) in [6, 6.07) is 10.1. The number of benzene rings is 1. The molecule has 0 aliphatic heterocycles. The third-order valence-corrected chi connectivity index (χ3v) is 4.85. The van der Waals surface area contributed by atoms with Gasteiger partial charge in [0.2, 0.25) is 5.91 Å². The predicted octanol–water partition coefficient (Wildman–Crippen LogP) is 4.62. The van der Waals surface area contributed by atoms with Crippen LogP contribution in [0.1, 0.15) is 13.8 Å². The number of thiophene rings is 1. The van der Waals surface area contributed by atoms with Crippen molar-refractivity contribution in [1.29, 1.82) is 0 Å². The summed E-state index contributed by atoms with van der Waals surface area (Å²) in [5.74, 6) is 0.00938. The van der Waals surface area contributed by atoms with Gasteiger partial charge < -0.3 is 5.32 Å². The highest BCUT2D eigenvalue weighted by molar-refractivity contribution is 7.22. The fraction of sp³-hybridized carbons (Fsp3) is 0.200. The van der Waals surface area contributed by atoms with Crippen molar-refractivity contribution in [3.8, 4) is 10.6 Å². The molecule has 0 aliphatic carbocycles. The van der Waals surface area contributed by atoms with E-state index in [2.05, 4.69) is 16.4 Å². The third-order valence-electron chi connectivity index (χ3n) is 2.95. The van der Waals surface area contributed by atoms with Crippen molar-refractivity contribution in [2.45, 2.75) is 13.8 Å². The summed E-state index contributed by atoms with van der Waals surface area (Å²) in [6.45, 7) is 3.78. The van der Waals surface area contributed by atoms with E-state index in [0.29, 0.717) is 0 Å². The molecule has 0 saturated carbocycles. The Hall–Kier alpha value is -1.72. The lowest BCUT2D eigenvalue weighted by Gasteiger charge is -2.06. The van der Waals surface area contributed by atoms with Crippen LogP contribution in [0, 0.1) is 5.92 Å². The Morgan fingerprint density at radius 1 is 1.25 bits per heavy atom. The van der Waals surface area contributed by atoms with Crippen LogP contribution in [0.25, 0.3) is 20.8 Å². The van der Waals surface area contributed by atoms with Crippen molar-refractivity contribution < 1.29 is 4.79 Å². The van der Waals surface area contributed by atoms with Gasteiger partial charge in [-0.05, 0) is 23.6 Å². The molecule has 3 rings (SSSR count). The lowest BCUT2D eigenvalue weighted by molar-refractivity contribution is -0.118. The maximum Gasteiger partial charge on any atom is 0.227 e. The smallest absolute Gasteiger partial charge is 0.227 e. The Balaban J connectivity index is 1.98. The first kappa shape index (κ1) is 13.3. The van der Waals surface area contributed by atoms with Gasteiger partial charge in [-0.15, -0.1) is 22.7 Å². The molecule has 1 aromatic carbocycles. The number of para-hydroxylation sites is 1. The van der Waals surface area contributed by atoms with Crippen molar-refractivity contribution in [3.63, 3.8) is 0 Å². The van der Waals surface area contributed by atoms with Crippen LogP contribution in [0.15, 0.2) is 35.7 Å². The van der Waals surface area contributed by atoms with Crippen LogP contribution < -0.4 is 5.32 Å². The highest BCUT2D eigenvalue weighted by Crippen LogP contribution is 2.37. The molecule has 5 heteroatoms. The number of thiazole rings is 1. The molecule has 0 aliphatic rings. The molecule has 0 saturated heterocycles. The molecule has 3 aromatic rings. The summed E-state index contributed by atoms with van der Waals surface area (Å²) in [7, 11) is 0. The van der Waals surface area contributed by atoms with Gasteiger partial charge in [-0.2, -0.15) is 0 Å². The monoisotopic (exact) mass is 302 g/mol. The van der Waals surface area contributed by atoms with Crippen molar-refractivity contribution in [3.05, 3.63) is 35.7 Å². The minimum atomic E-state index is -0.0275. The van der Waals surface area contributed by atoms with E-state index in [0.717, 1.165) is 25.8 Å². The molecule has 3 nitrogen and oxygen atoms in total. The molecule has 1 N–H and O–H groups in total. The molecular formula is C15H14N2OS2. The Morgan fingerprint density at radius 2 is 2.05 bits per heavy atom. The van der Waals surface area contributed by atoms with E-state index in [1.165, 1.54) is 11.3 Å². The van der Waals surface area contributed by atoms with Gasteiger partial charge in [0.25, 0.3) is 0 Å². The third kappa shape index (κ3) is 2.46. The number of rotatable bonds is 3. The van der Waals surface area contributed by atoms with Crippen molar-refractivity contribution >= 4 is 43.8 Å². The second-order valence-corrected chi connectivity index (χ2v) is 6.74. The minimum Gasteiger partial charge on any atom is -0.317 e. The maximum absolute atomic E-state index is 11.8. The van der Waals surface area contributed by atoms with Crippen LogP contribution in [-0.2, 0) is 4.79 Å². The van der Waals surface area contributed by atoms with Gasteiger partial charge in [0.15, 0.2) is 0 Å². The van der Waals surface area contributed by atoms with Crippen LogP contribution in [0.5, 0.6) is 0 Å².